The predicted molar refractivity (Wildman–Crippen MR) is 152 cm³/mol. The number of hydrogen-bond donors (Lipinski definition) is 1. The van der Waals surface area contributed by atoms with Gasteiger partial charge in [-0.15, -0.1) is 11.3 Å². The first-order valence-electron chi connectivity index (χ1n) is 12.4. The fraction of sp³-hybridized carbons (Fsp3) is 0.423. The van der Waals surface area contributed by atoms with Gasteiger partial charge in [0, 0.05) is 4.88 Å². The molecule has 0 bridgehead atoms. The molecule has 3 amide bonds. The predicted octanol–water partition coefficient (Wildman–Crippen LogP) is 6.22. The number of hydrogen-bond acceptors (Lipinski definition) is 8. The molecule has 0 saturated heterocycles. The molecule has 1 atom stereocenters. The second-order valence-corrected chi connectivity index (χ2v) is 12.1. The third-order valence-corrected chi connectivity index (χ3v) is 9.54. The zero-order valence-electron chi connectivity index (χ0n) is 21.6. The molecule has 214 valence electrons. The third-order valence-electron chi connectivity index (χ3n) is 6.53. The van der Waals surface area contributed by atoms with Crippen molar-refractivity contribution in [3.63, 3.8) is 0 Å². The lowest BCUT2D eigenvalue weighted by atomic mass is 9.95. The zero-order valence-corrected chi connectivity index (χ0v) is 25.5. The van der Waals surface area contributed by atoms with Crippen LogP contribution in [0.1, 0.15) is 75.1 Å². The molecule has 0 unspecified atom stereocenters. The second-order valence-electron chi connectivity index (χ2n) is 9.47. The molecule has 0 saturated carbocycles. The summed E-state index contributed by atoms with van der Waals surface area (Å²) in [7, 11) is 0. The standard InChI is InChI=1S/C26H24Cl4N2O7S/c1-4-38-25(36)14-11-7-5-6-8-12(11)40-22(14)31-13(33)9-39-26(37)21(10(2)3)32-23(34)15-16(24(32)35)18(28)20(30)19(29)17(15)27/h10,21H,4-9H2,1-3H3,(H,31,33)/t21-/m0/s1. The number of carbonyl (C=O) groups excluding carboxylic acids is 5. The van der Waals surface area contributed by atoms with Crippen molar-refractivity contribution in [1.29, 1.82) is 0 Å². The summed E-state index contributed by atoms with van der Waals surface area (Å²) >= 11 is 25.8. The highest BCUT2D eigenvalue weighted by molar-refractivity contribution is 7.17. The van der Waals surface area contributed by atoms with Crippen molar-refractivity contribution in [1.82, 2.24) is 4.90 Å². The molecule has 1 aromatic heterocycles. The van der Waals surface area contributed by atoms with Crippen LogP contribution in [-0.2, 0) is 31.9 Å². The van der Waals surface area contributed by atoms with Gasteiger partial charge in [0.2, 0.25) is 0 Å². The Bertz CT molecular complexity index is 1390. The van der Waals surface area contributed by atoms with Crippen molar-refractivity contribution in [2.24, 2.45) is 5.92 Å². The molecule has 0 spiro atoms. The second kappa shape index (κ2) is 12.2. The van der Waals surface area contributed by atoms with Gasteiger partial charge in [-0.1, -0.05) is 60.3 Å². The topological polar surface area (TPSA) is 119 Å². The molecule has 4 rings (SSSR count). The number of benzene rings is 1. The highest BCUT2D eigenvalue weighted by Crippen LogP contribution is 2.45. The first-order valence-corrected chi connectivity index (χ1v) is 14.7. The minimum atomic E-state index is -1.41. The molecule has 1 N–H and O–H groups in total. The van der Waals surface area contributed by atoms with E-state index < -0.39 is 48.2 Å². The van der Waals surface area contributed by atoms with E-state index in [-0.39, 0.29) is 37.8 Å². The van der Waals surface area contributed by atoms with Gasteiger partial charge in [0.1, 0.15) is 11.0 Å². The lowest BCUT2D eigenvalue weighted by molar-refractivity contribution is -0.152. The van der Waals surface area contributed by atoms with E-state index in [1.807, 2.05) is 0 Å². The minimum Gasteiger partial charge on any atom is -0.462 e. The van der Waals surface area contributed by atoms with Crippen molar-refractivity contribution in [2.45, 2.75) is 52.5 Å². The van der Waals surface area contributed by atoms with Crippen molar-refractivity contribution >= 4 is 92.4 Å². The van der Waals surface area contributed by atoms with Crippen molar-refractivity contribution < 1.29 is 33.4 Å². The summed E-state index contributed by atoms with van der Waals surface area (Å²) in [5.41, 5.74) is 0.647. The first-order chi connectivity index (χ1) is 18.9. The first kappa shape index (κ1) is 30.6. The normalized spacial score (nSPS) is 15.2. The highest BCUT2D eigenvalue weighted by Gasteiger charge is 2.48. The van der Waals surface area contributed by atoms with Crippen LogP contribution in [-0.4, -0.2) is 53.8 Å². The molecule has 1 aliphatic heterocycles. The number of imide groups is 1. The van der Waals surface area contributed by atoms with Crippen LogP contribution in [0.15, 0.2) is 0 Å². The minimum absolute atomic E-state index is 0.178. The molecule has 14 heteroatoms. The number of carbonyl (C=O) groups is 5. The Kier molecular flexibility index (Phi) is 9.36. The number of esters is 2. The molecule has 0 fully saturated rings. The summed E-state index contributed by atoms with van der Waals surface area (Å²) in [6.45, 7) is 4.34. The Morgan fingerprint density at radius 1 is 0.925 bits per heavy atom. The molecule has 40 heavy (non-hydrogen) atoms. The average molecular weight is 650 g/mol. The van der Waals surface area contributed by atoms with E-state index in [0.29, 0.717) is 21.9 Å². The van der Waals surface area contributed by atoms with E-state index in [1.54, 1.807) is 20.8 Å². The number of rotatable bonds is 8. The maximum absolute atomic E-state index is 13.3. The summed E-state index contributed by atoms with van der Waals surface area (Å²) in [5, 5.41) is 2.04. The Hall–Kier alpha value is -2.37. The molecule has 1 aliphatic carbocycles. The molecular weight excluding hydrogens is 626 g/mol. The molecule has 9 nitrogen and oxygen atoms in total. The van der Waals surface area contributed by atoms with Gasteiger partial charge in [-0.2, -0.15) is 0 Å². The quantitative estimate of drug-likeness (QED) is 0.156. The van der Waals surface area contributed by atoms with Gasteiger partial charge < -0.3 is 14.8 Å². The van der Waals surface area contributed by atoms with Crippen molar-refractivity contribution in [2.75, 3.05) is 18.5 Å². The maximum Gasteiger partial charge on any atom is 0.341 e. The van der Waals surface area contributed by atoms with E-state index >= 15 is 0 Å². The van der Waals surface area contributed by atoms with E-state index in [9.17, 15) is 24.0 Å². The highest BCUT2D eigenvalue weighted by atomic mass is 35.5. The number of anilines is 1. The zero-order chi connectivity index (χ0) is 29.5. The van der Waals surface area contributed by atoms with E-state index in [4.69, 9.17) is 55.9 Å². The smallest absolute Gasteiger partial charge is 0.341 e. The summed E-state index contributed by atoms with van der Waals surface area (Å²) in [5.74, 6) is -4.63. The molecule has 2 aliphatic rings. The number of amides is 3. The Morgan fingerprint density at radius 3 is 2.05 bits per heavy atom. The Labute approximate surface area is 254 Å². The number of thiophene rings is 1. The number of ether oxygens (including phenoxy) is 2. The number of aryl methyl sites for hydroxylation is 1. The van der Waals surface area contributed by atoms with Crippen LogP contribution in [0.2, 0.25) is 20.1 Å². The Morgan fingerprint density at radius 2 is 1.50 bits per heavy atom. The molecule has 0 radical (unpaired) electrons. The van der Waals surface area contributed by atoms with Crippen molar-refractivity contribution in [3.8, 4) is 0 Å². The fourth-order valence-corrected chi connectivity index (χ4v) is 7.06. The number of fused-ring (bicyclic) bond motifs is 2. The fourth-order valence-electron chi connectivity index (χ4n) is 4.75. The molecule has 1 aromatic carbocycles. The van der Waals surface area contributed by atoms with Crippen LogP contribution in [0.25, 0.3) is 0 Å². The lowest BCUT2D eigenvalue weighted by Gasteiger charge is -2.27. The summed E-state index contributed by atoms with van der Waals surface area (Å²) in [6.07, 6.45) is 3.39. The van der Waals surface area contributed by atoms with Gasteiger partial charge in [0.05, 0.1) is 43.4 Å². The SMILES string of the molecule is CCOC(=O)c1c(NC(=O)COC(=O)[C@H](C(C)C)N2C(=O)c3c(Cl)c(Cl)c(Cl)c(Cl)c3C2=O)sc2c1CCCC2. The molecule has 2 aromatic rings. The summed E-state index contributed by atoms with van der Waals surface area (Å²) in [6, 6.07) is -1.41. The van der Waals surface area contributed by atoms with Crippen LogP contribution < -0.4 is 5.32 Å². The van der Waals surface area contributed by atoms with Crippen molar-refractivity contribution in [3.05, 3.63) is 47.2 Å². The van der Waals surface area contributed by atoms with Gasteiger partial charge in [-0.25, -0.2) is 9.59 Å². The molecular formula is C26H24Cl4N2O7S. The number of nitrogens with one attached hydrogen (secondary N) is 1. The van der Waals surface area contributed by atoms with Crippen LogP contribution in [0.5, 0.6) is 0 Å². The largest absolute Gasteiger partial charge is 0.462 e. The average Bonchev–Trinajstić information content (AvgIpc) is 3.39. The number of nitrogens with zero attached hydrogens (tertiary/aromatic N) is 1. The molecule has 2 heterocycles. The van der Waals surface area contributed by atoms with E-state index in [0.717, 1.165) is 29.7 Å². The lowest BCUT2D eigenvalue weighted by Crippen LogP contribution is -2.49. The van der Waals surface area contributed by atoms with Crippen LogP contribution in [0.4, 0.5) is 5.00 Å². The van der Waals surface area contributed by atoms with Gasteiger partial charge in [0.15, 0.2) is 6.61 Å². The van der Waals surface area contributed by atoms with Gasteiger partial charge >= 0.3 is 11.9 Å². The van der Waals surface area contributed by atoms with Crippen LogP contribution >= 0.6 is 57.7 Å². The van der Waals surface area contributed by atoms with Gasteiger partial charge in [-0.3, -0.25) is 19.3 Å². The Balaban J connectivity index is 1.52. The monoisotopic (exact) mass is 648 g/mol. The van der Waals surface area contributed by atoms with Crippen LogP contribution in [0.3, 0.4) is 0 Å². The van der Waals surface area contributed by atoms with E-state index in [2.05, 4.69) is 5.32 Å². The third kappa shape index (κ3) is 5.44. The maximum atomic E-state index is 13.3. The van der Waals surface area contributed by atoms with Crippen LogP contribution in [0, 0.1) is 5.92 Å². The van der Waals surface area contributed by atoms with Gasteiger partial charge in [-0.05, 0) is 44.1 Å². The number of halogens is 4. The summed E-state index contributed by atoms with van der Waals surface area (Å²) in [4.78, 5) is 66.8. The van der Waals surface area contributed by atoms with E-state index in [1.165, 1.54) is 11.3 Å². The van der Waals surface area contributed by atoms with Gasteiger partial charge in [0.25, 0.3) is 17.7 Å². The summed E-state index contributed by atoms with van der Waals surface area (Å²) < 4.78 is 10.4.